The second kappa shape index (κ2) is 15.7. The topological polar surface area (TPSA) is 199 Å². The largest absolute Gasteiger partial charge is 0.454 e. The predicted octanol–water partition coefficient (Wildman–Crippen LogP) is 2.48. The Kier molecular flexibility index (Phi) is 10.5. The van der Waals surface area contributed by atoms with Crippen LogP contribution in [0, 0.1) is 0 Å². The Labute approximate surface area is 297 Å². The van der Waals surface area contributed by atoms with Crippen molar-refractivity contribution in [3.63, 3.8) is 0 Å². The molecule has 16 nitrogen and oxygen atoms in total. The highest BCUT2D eigenvalue weighted by Gasteiger charge is 2.44. The van der Waals surface area contributed by atoms with E-state index < -0.39 is 35.8 Å². The predicted molar refractivity (Wildman–Crippen MR) is 187 cm³/mol. The fourth-order valence-electron chi connectivity index (χ4n) is 6.03. The van der Waals surface area contributed by atoms with Gasteiger partial charge in [0.2, 0.25) is 11.8 Å². The summed E-state index contributed by atoms with van der Waals surface area (Å²) in [6.45, 7) is 2.53. The third-order valence-electron chi connectivity index (χ3n) is 8.63. The highest BCUT2D eigenvalue weighted by atomic mass is 16.5. The van der Waals surface area contributed by atoms with Crippen molar-refractivity contribution < 1.29 is 42.9 Å². The lowest BCUT2D eigenvalue weighted by molar-refractivity contribution is -0.136. The zero-order valence-electron chi connectivity index (χ0n) is 28.1. The van der Waals surface area contributed by atoms with Crippen LogP contribution in [0.3, 0.4) is 0 Å². The van der Waals surface area contributed by atoms with Gasteiger partial charge >= 0.3 is 0 Å². The van der Waals surface area contributed by atoms with Crippen LogP contribution in [0.25, 0.3) is 28.1 Å². The van der Waals surface area contributed by atoms with E-state index in [2.05, 4.69) is 26.0 Å². The number of ether oxygens (including phenoxy) is 3. The number of piperidine rings is 1. The second-order valence-corrected chi connectivity index (χ2v) is 12.2. The van der Waals surface area contributed by atoms with Gasteiger partial charge in [-0.3, -0.25) is 29.4 Å². The Balaban J connectivity index is 0.747. The second-order valence-electron chi connectivity index (χ2n) is 12.2. The number of hydrogen-bond acceptors (Lipinski definition) is 13. The molecule has 2 unspecified atom stereocenters. The molecule has 7 rings (SSSR count). The van der Waals surface area contributed by atoms with Crippen molar-refractivity contribution in [2.24, 2.45) is 0 Å². The molecule has 270 valence electrons. The molecule has 0 bridgehead atoms. The molecular formula is C36H37N7O9. The van der Waals surface area contributed by atoms with Gasteiger partial charge in [-0.25, -0.2) is 9.50 Å². The van der Waals surface area contributed by atoms with Crippen molar-refractivity contribution in [1.29, 1.82) is 0 Å². The van der Waals surface area contributed by atoms with E-state index in [4.69, 9.17) is 18.6 Å². The molecule has 52 heavy (non-hydrogen) atoms. The van der Waals surface area contributed by atoms with Crippen LogP contribution < -0.4 is 16.0 Å². The molecule has 2 aliphatic heterocycles. The van der Waals surface area contributed by atoms with E-state index >= 15 is 0 Å². The molecule has 0 saturated carbocycles. The maximum absolute atomic E-state index is 13.0. The number of amides is 4. The molecule has 3 aromatic heterocycles. The summed E-state index contributed by atoms with van der Waals surface area (Å²) in [7, 11) is 0. The summed E-state index contributed by atoms with van der Waals surface area (Å²) >= 11 is 0. The first kappa shape index (κ1) is 34.8. The van der Waals surface area contributed by atoms with E-state index in [1.54, 1.807) is 35.0 Å². The van der Waals surface area contributed by atoms with Gasteiger partial charge in [-0.15, -0.1) is 5.10 Å². The normalized spacial score (nSPS) is 16.5. The number of nitrogens with one attached hydrogen (secondary N) is 3. The van der Waals surface area contributed by atoms with E-state index in [0.717, 1.165) is 21.6 Å². The molecule has 0 radical (unpaired) electrons. The monoisotopic (exact) mass is 711 g/mol. The Morgan fingerprint density at radius 2 is 1.69 bits per heavy atom. The number of fused-ring (bicyclic) bond motifs is 3. The van der Waals surface area contributed by atoms with Crippen LogP contribution in [-0.4, -0.2) is 113 Å². The number of imidazole rings is 1. The molecule has 2 aliphatic rings. The number of hydrogen-bond donors (Lipinski definition) is 4. The lowest BCUT2D eigenvalue weighted by Crippen LogP contribution is -2.54. The van der Waals surface area contributed by atoms with Crippen LogP contribution in [-0.2, 0) is 23.8 Å². The summed E-state index contributed by atoms with van der Waals surface area (Å²) in [6.07, 6.45) is 1.12. The number of nitrogens with zero attached hydrogens (tertiary/aromatic N) is 4. The van der Waals surface area contributed by atoms with Gasteiger partial charge in [-0.05, 0) is 48.9 Å². The van der Waals surface area contributed by atoms with Crippen LogP contribution in [0.15, 0.2) is 71.3 Å². The first-order valence-corrected chi connectivity index (χ1v) is 16.9. The highest BCUT2D eigenvalue weighted by Crippen LogP contribution is 2.30. The van der Waals surface area contributed by atoms with Gasteiger partial charge in [0.15, 0.2) is 11.4 Å². The minimum Gasteiger partial charge on any atom is -0.454 e. The van der Waals surface area contributed by atoms with Crippen LogP contribution in [0.2, 0.25) is 0 Å². The van der Waals surface area contributed by atoms with E-state index in [-0.39, 0.29) is 37.1 Å². The summed E-state index contributed by atoms with van der Waals surface area (Å²) in [5.74, 6) is -0.939. The van der Waals surface area contributed by atoms with E-state index in [1.165, 1.54) is 0 Å². The van der Waals surface area contributed by atoms with Gasteiger partial charge in [0.05, 0.1) is 63.1 Å². The zero-order valence-corrected chi connectivity index (χ0v) is 28.1. The Hall–Kier alpha value is -5.68. The van der Waals surface area contributed by atoms with Crippen molar-refractivity contribution >= 4 is 51.8 Å². The van der Waals surface area contributed by atoms with Crippen molar-refractivity contribution in [2.75, 3.05) is 63.4 Å². The lowest BCUT2D eigenvalue weighted by atomic mass is 10.0. The Morgan fingerprint density at radius 3 is 2.52 bits per heavy atom. The maximum Gasteiger partial charge on any atom is 0.262 e. The first-order valence-electron chi connectivity index (χ1n) is 16.9. The highest BCUT2D eigenvalue weighted by molar-refractivity contribution is 6.23. The summed E-state index contributed by atoms with van der Waals surface area (Å²) in [4.78, 5) is 54.9. The minimum atomic E-state index is -1.00. The molecule has 0 spiro atoms. The molecule has 5 heterocycles. The smallest absolute Gasteiger partial charge is 0.262 e. The van der Waals surface area contributed by atoms with Crippen molar-refractivity contribution in [2.45, 2.75) is 25.0 Å². The van der Waals surface area contributed by atoms with Crippen LogP contribution in [0.1, 0.15) is 33.6 Å². The van der Waals surface area contributed by atoms with Gasteiger partial charge < -0.3 is 34.4 Å². The number of aromatic nitrogens is 3. The zero-order chi connectivity index (χ0) is 36.0. The van der Waals surface area contributed by atoms with Crippen LogP contribution in [0.5, 0.6) is 0 Å². The standard InChI is InChI=1S/C36H37N7O9/c44-24(19-38-31-8-9-32-39-20-28(43(32)41-31)30-17-22-3-1-2-4-29(22)52-30)21-51-16-15-50-14-13-49-12-11-37-23-5-6-25-26(18-23)36(48)42(35(25)47)27-7-10-33(45)40-34(27)46/h1-6,8-9,17-18,20,24,27,37,44H,7,10-16,19,21H2,(H,38,41)(H,40,45,46). The molecule has 4 amide bonds. The van der Waals surface area contributed by atoms with Crippen LogP contribution >= 0.6 is 0 Å². The Morgan fingerprint density at radius 1 is 0.904 bits per heavy atom. The van der Waals surface area contributed by atoms with E-state index in [0.29, 0.717) is 62.5 Å². The molecule has 16 heteroatoms. The Bertz CT molecular complexity index is 2080. The van der Waals surface area contributed by atoms with Crippen LogP contribution in [0.4, 0.5) is 11.5 Å². The van der Waals surface area contributed by atoms with Gasteiger partial charge in [0.25, 0.3) is 11.8 Å². The lowest BCUT2D eigenvalue weighted by Gasteiger charge is -2.27. The molecule has 5 aromatic rings. The first-order chi connectivity index (χ1) is 25.4. The number of benzene rings is 2. The number of carbonyl (C=O) groups excluding carboxylic acids is 4. The molecule has 2 atom stereocenters. The number of para-hydroxylation sites is 1. The number of rotatable bonds is 17. The quantitative estimate of drug-likeness (QED) is 0.0811. The number of imide groups is 2. The average Bonchev–Trinajstić information content (AvgIpc) is 3.83. The summed E-state index contributed by atoms with van der Waals surface area (Å²) < 4.78 is 24.4. The third kappa shape index (κ3) is 7.64. The number of anilines is 2. The van der Waals surface area contributed by atoms with Gasteiger partial charge in [-0.1, -0.05) is 18.2 Å². The summed E-state index contributed by atoms with van der Waals surface area (Å²) in [5.41, 5.74) is 3.23. The van der Waals surface area contributed by atoms with Gasteiger partial charge in [-0.2, -0.15) is 0 Å². The molecule has 1 fully saturated rings. The number of aliphatic hydroxyl groups is 1. The molecular weight excluding hydrogens is 674 g/mol. The fourth-order valence-corrected chi connectivity index (χ4v) is 6.03. The number of furan rings is 1. The molecule has 0 aliphatic carbocycles. The van der Waals surface area contributed by atoms with Crippen molar-refractivity contribution in [3.8, 4) is 11.5 Å². The number of carbonyl (C=O) groups is 4. The summed E-state index contributed by atoms with van der Waals surface area (Å²) in [5, 5.41) is 24.5. The van der Waals surface area contributed by atoms with Gasteiger partial charge in [0.1, 0.15) is 23.1 Å². The third-order valence-corrected chi connectivity index (χ3v) is 8.63. The van der Waals surface area contributed by atoms with Gasteiger partial charge in [0, 0.05) is 30.6 Å². The van der Waals surface area contributed by atoms with E-state index in [1.807, 2.05) is 36.4 Å². The minimum absolute atomic E-state index is 0.0663. The SMILES string of the molecule is O=C1CCC(N2C(=O)c3ccc(NCCOCCOCCOCC(O)CNc4ccc5ncc(-c6cc7ccccc7o6)n5n4)cc3C2=O)C(=O)N1. The van der Waals surface area contributed by atoms with Crippen molar-refractivity contribution in [1.82, 2.24) is 24.8 Å². The summed E-state index contributed by atoms with van der Waals surface area (Å²) in [6, 6.07) is 17.2. The number of aliphatic hydroxyl groups excluding tert-OH is 1. The molecule has 1 saturated heterocycles. The maximum atomic E-state index is 13.0. The average molecular weight is 712 g/mol. The van der Waals surface area contributed by atoms with E-state index in [9.17, 15) is 24.3 Å². The molecule has 2 aromatic carbocycles. The fraction of sp³-hybridized carbons (Fsp3) is 0.333. The molecule has 4 N–H and O–H groups in total. The van der Waals surface area contributed by atoms with Crippen molar-refractivity contribution in [3.05, 3.63) is 78.0 Å².